The minimum absolute atomic E-state index is 0.0976. The molecule has 0 unspecified atom stereocenters. The Kier molecular flexibility index (Phi) is 4.58. The van der Waals surface area contributed by atoms with E-state index in [9.17, 15) is 14.0 Å². The monoisotopic (exact) mass is 366 g/mol. The fraction of sp³-hybridized carbons (Fsp3) is 0.250. The van der Waals surface area contributed by atoms with Crippen LogP contribution in [0.4, 0.5) is 4.39 Å². The Bertz CT molecular complexity index is 1020. The van der Waals surface area contributed by atoms with Gasteiger partial charge < -0.3 is 10.3 Å². The molecular formula is C20H19FN4O2. The zero-order chi connectivity index (χ0) is 18.8. The van der Waals surface area contributed by atoms with Gasteiger partial charge in [-0.3, -0.25) is 14.2 Å². The van der Waals surface area contributed by atoms with Crippen LogP contribution in [0.25, 0.3) is 11.1 Å². The van der Waals surface area contributed by atoms with Crippen molar-refractivity contribution in [3.05, 3.63) is 76.5 Å². The van der Waals surface area contributed by atoms with Crippen molar-refractivity contribution in [3.8, 4) is 11.1 Å². The molecule has 1 fully saturated rings. The smallest absolute Gasteiger partial charge is 0.267 e. The molecule has 2 aromatic heterocycles. The van der Waals surface area contributed by atoms with Crippen LogP contribution >= 0.6 is 0 Å². The highest BCUT2D eigenvalue weighted by Gasteiger charge is 2.25. The number of halogens is 1. The first-order valence-electron chi connectivity index (χ1n) is 8.89. The minimum Gasteiger partial charge on any atom is -0.357 e. The normalized spacial score (nSPS) is 13.5. The molecule has 0 saturated heterocycles. The molecule has 1 aliphatic carbocycles. The molecule has 2 N–H and O–H groups in total. The van der Waals surface area contributed by atoms with Gasteiger partial charge in [0.1, 0.15) is 11.5 Å². The van der Waals surface area contributed by atoms with E-state index in [1.807, 2.05) is 0 Å². The first kappa shape index (κ1) is 17.2. The maximum atomic E-state index is 13.0. The van der Waals surface area contributed by atoms with Gasteiger partial charge in [0.2, 0.25) is 0 Å². The molecule has 6 nitrogen and oxygen atoms in total. The van der Waals surface area contributed by atoms with Crippen LogP contribution in [0.5, 0.6) is 0 Å². The second-order valence-corrected chi connectivity index (χ2v) is 6.68. The number of rotatable bonds is 6. The van der Waals surface area contributed by atoms with Gasteiger partial charge in [-0.05, 0) is 42.2 Å². The van der Waals surface area contributed by atoms with Crippen LogP contribution in [0.15, 0.2) is 53.7 Å². The van der Waals surface area contributed by atoms with Gasteiger partial charge in [0.05, 0.1) is 12.0 Å². The zero-order valence-electron chi connectivity index (χ0n) is 14.6. The first-order valence-corrected chi connectivity index (χ1v) is 8.89. The van der Waals surface area contributed by atoms with E-state index in [4.69, 9.17) is 0 Å². The van der Waals surface area contributed by atoms with Gasteiger partial charge in [-0.1, -0.05) is 12.1 Å². The molecule has 1 saturated carbocycles. The number of hydrogen-bond donors (Lipinski definition) is 2. The van der Waals surface area contributed by atoms with Crippen LogP contribution in [0.2, 0.25) is 0 Å². The summed E-state index contributed by atoms with van der Waals surface area (Å²) in [6, 6.07) is 9.36. The molecule has 0 bridgehead atoms. The predicted octanol–water partition coefficient (Wildman–Crippen LogP) is 2.68. The summed E-state index contributed by atoms with van der Waals surface area (Å²) in [5.74, 6) is -0.128. The number of H-pyrrole nitrogens is 1. The Morgan fingerprint density at radius 1 is 1.22 bits per heavy atom. The summed E-state index contributed by atoms with van der Waals surface area (Å²) in [6.45, 7) is 0.669. The van der Waals surface area contributed by atoms with Gasteiger partial charge in [0.25, 0.3) is 11.5 Å². The quantitative estimate of drug-likeness (QED) is 0.704. The first-order chi connectivity index (χ1) is 13.1. The number of aromatic nitrogens is 3. The van der Waals surface area contributed by atoms with E-state index in [2.05, 4.69) is 15.3 Å². The van der Waals surface area contributed by atoms with Gasteiger partial charge in [-0.25, -0.2) is 9.37 Å². The summed E-state index contributed by atoms with van der Waals surface area (Å²) >= 11 is 0. The number of nitrogens with zero attached hydrogens (tertiary/aromatic N) is 2. The van der Waals surface area contributed by atoms with Crippen molar-refractivity contribution in [2.75, 3.05) is 6.54 Å². The highest BCUT2D eigenvalue weighted by Crippen LogP contribution is 2.38. The summed E-state index contributed by atoms with van der Waals surface area (Å²) in [4.78, 5) is 31.6. The second kappa shape index (κ2) is 7.19. The highest BCUT2D eigenvalue weighted by atomic mass is 19.1. The number of aromatic amines is 1. The molecule has 7 heteroatoms. The SMILES string of the molecule is O=C(NCCn1cnc(C2CC2)cc1=O)c1cc(-c2ccc(F)cc2)c[nH]1. The lowest BCUT2D eigenvalue weighted by Crippen LogP contribution is -2.31. The van der Waals surface area contributed by atoms with Gasteiger partial charge >= 0.3 is 0 Å². The van der Waals surface area contributed by atoms with Crippen LogP contribution in [-0.4, -0.2) is 27.0 Å². The van der Waals surface area contributed by atoms with E-state index in [0.717, 1.165) is 29.7 Å². The molecule has 27 heavy (non-hydrogen) atoms. The van der Waals surface area contributed by atoms with Crippen LogP contribution in [0.3, 0.4) is 0 Å². The van der Waals surface area contributed by atoms with Gasteiger partial charge in [-0.2, -0.15) is 0 Å². The van der Waals surface area contributed by atoms with Crippen molar-refractivity contribution >= 4 is 5.91 Å². The van der Waals surface area contributed by atoms with Gasteiger partial charge in [-0.15, -0.1) is 0 Å². The number of benzene rings is 1. The molecule has 1 aromatic carbocycles. The van der Waals surface area contributed by atoms with Crippen molar-refractivity contribution in [2.45, 2.75) is 25.3 Å². The molecule has 1 aliphatic rings. The van der Waals surface area contributed by atoms with Crippen LogP contribution in [0, 0.1) is 5.82 Å². The van der Waals surface area contributed by atoms with E-state index in [0.29, 0.717) is 24.7 Å². The lowest BCUT2D eigenvalue weighted by Gasteiger charge is -2.07. The Balaban J connectivity index is 1.34. The molecule has 1 amide bonds. The third-order valence-electron chi connectivity index (χ3n) is 4.64. The molecule has 4 rings (SSSR count). The van der Waals surface area contributed by atoms with Crippen LogP contribution in [-0.2, 0) is 6.54 Å². The van der Waals surface area contributed by atoms with Crippen molar-refractivity contribution < 1.29 is 9.18 Å². The molecule has 0 radical (unpaired) electrons. The van der Waals surface area contributed by atoms with E-state index in [1.165, 1.54) is 16.7 Å². The Morgan fingerprint density at radius 3 is 2.70 bits per heavy atom. The van der Waals surface area contributed by atoms with Crippen LogP contribution in [0.1, 0.15) is 34.9 Å². The lowest BCUT2D eigenvalue weighted by atomic mass is 10.1. The zero-order valence-corrected chi connectivity index (χ0v) is 14.6. The standard InChI is InChI=1S/C20H19FN4O2/c21-16-5-3-13(4-6-16)15-9-18(23-11-15)20(27)22-7-8-25-12-24-17(10-19(25)26)14-1-2-14/h3-6,9-12,14,23H,1-2,7-8H2,(H,22,27). The number of hydrogen-bond acceptors (Lipinski definition) is 3. The third-order valence-corrected chi connectivity index (χ3v) is 4.64. The van der Waals surface area contributed by atoms with E-state index in [1.54, 1.807) is 36.8 Å². The number of carbonyl (C=O) groups is 1. The van der Waals surface area contributed by atoms with Crippen molar-refractivity contribution in [1.82, 2.24) is 19.9 Å². The molecule has 0 aliphatic heterocycles. The van der Waals surface area contributed by atoms with Crippen molar-refractivity contribution in [3.63, 3.8) is 0 Å². The Labute approximate surface area is 155 Å². The fourth-order valence-corrected chi connectivity index (χ4v) is 2.93. The van der Waals surface area contributed by atoms with Crippen molar-refractivity contribution in [1.29, 1.82) is 0 Å². The topological polar surface area (TPSA) is 79.8 Å². The maximum absolute atomic E-state index is 13.0. The highest BCUT2D eigenvalue weighted by molar-refractivity contribution is 5.93. The molecular weight excluding hydrogens is 347 g/mol. The largest absolute Gasteiger partial charge is 0.357 e. The lowest BCUT2D eigenvalue weighted by molar-refractivity contribution is 0.0948. The molecule has 0 atom stereocenters. The number of carbonyl (C=O) groups excluding carboxylic acids is 1. The summed E-state index contributed by atoms with van der Waals surface area (Å²) < 4.78 is 14.5. The van der Waals surface area contributed by atoms with E-state index < -0.39 is 0 Å². The summed E-state index contributed by atoms with van der Waals surface area (Å²) in [7, 11) is 0. The molecule has 3 aromatic rings. The third kappa shape index (κ3) is 3.97. The van der Waals surface area contributed by atoms with Crippen LogP contribution < -0.4 is 10.9 Å². The predicted molar refractivity (Wildman–Crippen MR) is 99.0 cm³/mol. The average Bonchev–Trinajstić information content (AvgIpc) is 3.40. The molecule has 138 valence electrons. The number of amides is 1. The summed E-state index contributed by atoms with van der Waals surface area (Å²) in [5, 5.41) is 2.78. The second-order valence-electron chi connectivity index (χ2n) is 6.68. The van der Waals surface area contributed by atoms with E-state index in [-0.39, 0.29) is 17.3 Å². The Morgan fingerprint density at radius 2 is 2.00 bits per heavy atom. The molecule has 0 spiro atoms. The average molecular weight is 366 g/mol. The fourth-order valence-electron chi connectivity index (χ4n) is 2.93. The molecule has 2 heterocycles. The summed E-state index contributed by atoms with van der Waals surface area (Å²) in [6.07, 6.45) is 5.45. The van der Waals surface area contributed by atoms with E-state index >= 15 is 0 Å². The minimum atomic E-state index is -0.304. The van der Waals surface area contributed by atoms with Gasteiger partial charge in [0, 0.05) is 31.3 Å². The van der Waals surface area contributed by atoms with Gasteiger partial charge in [0.15, 0.2) is 0 Å². The Hall–Kier alpha value is -3.22. The summed E-state index contributed by atoms with van der Waals surface area (Å²) in [5.41, 5.74) is 2.79. The maximum Gasteiger partial charge on any atom is 0.267 e. The van der Waals surface area contributed by atoms with Crippen molar-refractivity contribution in [2.24, 2.45) is 0 Å². The number of nitrogens with one attached hydrogen (secondary N) is 2.